The summed E-state index contributed by atoms with van der Waals surface area (Å²) in [5.74, 6) is 2.28. The van der Waals surface area contributed by atoms with E-state index >= 15 is 0 Å². The maximum atomic E-state index is 9.98. The number of hydrogen-bond acceptors (Lipinski definition) is 8. The standard InChI is InChI=1S/C25H22N4O3S/c1-30-10-11-31-19-6-4-18(5-7-19)23-20(13-26)24(28)29-25(21(23)14-27)33-15-16-2-3-17-8-9-32-22(17)12-16/h2-7,12H,8-11,15H2,1H3,(H2,28,29). The molecule has 2 N–H and O–H groups in total. The van der Waals surface area contributed by atoms with E-state index in [0.717, 1.165) is 17.7 Å². The number of rotatable bonds is 8. The number of nitrogens with two attached hydrogens (primary N) is 1. The molecule has 2 heterocycles. The van der Waals surface area contributed by atoms with Crippen molar-refractivity contribution in [1.29, 1.82) is 10.5 Å². The summed E-state index contributed by atoms with van der Waals surface area (Å²) in [4.78, 5) is 4.38. The zero-order valence-corrected chi connectivity index (χ0v) is 18.9. The van der Waals surface area contributed by atoms with Crippen LogP contribution in [0.3, 0.4) is 0 Å². The lowest BCUT2D eigenvalue weighted by Gasteiger charge is -2.14. The Labute approximate surface area is 196 Å². The second kappa shape index (κ2) is 10.3. The average Bonchev–Trinajstić information content (AvgIpc) is 3.31. The molecule has 0 bridgehead atoms. The third-order valence-electron chi connectivity index (χ3n) is 5.25. The smallest absolute Gasteiger partial charge is 0.143 e. The molecule has 1 aliphatic rings. The molecule has 166 valence electrons. The Morgan fingerprint density at radius 3 is 2.61 bits per heavy atom. The second-order valence-electron chi connectivity index (χ2n) is 7.35. The molecule has 0 amide bonds. The lowest BCUT2D eigenvalue weighted by Crippen LogP contribution is -2.05. The summed E-state index contributed by atoms with van der Waals surface area (Å²) in [7, 11) is 1.61. The first kappa shape index (κ1) is 22.5. The van der Waals surface area contributed by atoms with Crippen molar-refractivity contribution in [3.63, 3.8) is 0 Å². The topological polar surface area (TPSA) is 114 Å². The molecule has 33 heavy (non-hydrogen) atoms. The lowest BCUT2D eigenvalue weighted by atomic mass is 9.97. The number of methoxy groups -OCH3 is 1. The Balaban J connectivity index is 1.64. The van der Waals surface area contributed by atoms with Gasteiger partial charge in [0.1, 0.15) is 46.7 Å². The molecule has 8 heteroatoms. The van der Waals surface area contributed by atoms with Crippen molar-refractivity contribution in [1.82, 2.24) is 4.98 Å². The SMILES string of the molecule is COCCOc1ccc(-c2c(C#N)c(N)nc(SCc3ccc4c(c3)OCC4)c2C#N)cc1. The van der Waals surface area contributed by atoms with Crippen LogP contribution in [0.25, 0.3) is 11.1 Å². The molecule has 2 aromatic carbocycles. The summed E-state index contributed by atoms with van der Waals surface area (Å²) in [6.07, 6.45) is 0.925. The number of pyridine rings is 1. The van der Waals surface area contributed by atoms with Crippen LogP contribution in [0.4, 0.5) is 5.82 Å². The maximum absolute atomic E-state index is 9.98. The number of fused-ring (bicyclic) bond motifs is 1. The van der Waals surface area contributed by atoms with Gasteiger partial charge >= 0.3 is 0 Å². The Morgan fingerprint density at radius 1 is 1.09 bits per heavy atom. The molecule has 1 aromatic heterocycles. The lowest BCUT2D eigenvalue weighted by molar-refractivity contribution is 0.146. The zero-order valence-electron chi connectivity index (χ0n) is 18.1. The largest absolute Gasteiger partial charge is 0.493 e. The van der Waals surface area contributed by atoms with E-state index in [1.54, 1.807) is 19.2 Å². The van der Waals surface area contributed by atoms with Gasteiger partial charge in [-0.25, -0.2) is 4.98 Å². The Hall–Kier alpha value is -3.72. The number of nitrogens with zero attached hydrogens (tertiary/aromatic N) is 3. The van der Waals surface area contributed by atoms with Gasteiger partial charge in [0.2, 0.25) is 0 Å². The van der Waals surface area contributed by atoms with Crippen LogP contribution in [0.15, 0.2) is 47.5 Å². The van der Waals surface area contributed by atoms with Gasteiger partial charge in [-0.1, -0.05) is 24.3 Å². The molecule has 0 saturated carbocycles. The third-order valence-corrected chi connectivity index (χ3v) is 6.30. The molecule has 1 aliphatic heterocycles. The summed E-state index contributed by atoms with van der Waals surface area (Å²) in [6.45, 7) is 1.62. The number of ether oxygens (including phenoxy) is 3. The van der Waals surface area contributed by atoms with Crippen molar-refractivity contribution in [2.24, 2.45) is 0 Å². The molecule has 0 atom stereocenters. The molecular formula is C25H22N4O3S. The third kappa shape index (κ3) is 4.88. The predicted octanol–water partition coefficient (Wildman–Crippen LogP) is 4.33. The first-order chi connectivity index (χ1) is 16.1. The van der Waals surface area contributed by atoms with Crippen LogP contribution in [-0.2, 0) is 16.9 Å². The number of aromatic nitrogens is 1. The molecular weight excluding hydrogens is 436 g/mol. The van der Waals surface area contributed by atoms with E-state index < -0.39 is 0 Å². The summed E-state index contributed by atoms with van der Waals surface area (Å²) in [5.41, 5.74) is 10.1. The van der Waals surface area contributed by atoms with Crippen molar-refractivity contribution >= 4 is 17.6 Å². The van der Waals surface area contributed by atoms with E-state index in [-0.39, 0.29) is 11.4 Å². The van der Waals surface area contributed by atoms with Crippen LogP contribution >= 0.6 is 11.8 Å². The van der Waals surface area contributed by atoms with Gasteiger partial charge in [-0.3, -0.25) is 0 Å². The highest BCUT2D eigenvalue weighted by Gasteiger charge is 2.21. The highest BCUT2D eigenvalue weighted by Crippen LogP contribution is 2.37. The van der Waals surface area contributed by atoms with Gasteiger partial charge in [0, 0.05) is 24.8 Å². The van der Waals surface area contributed by atoms with Gasteiger partial charge in [0.05, 0.1) is 18.8 Å². The van der Waals surface area contributed by atoms with E-state index in [4.69, 9.17) is 19.9 Å². The minimum atomic E-state index is 0.103. The minimum Gasteiger partial charge on any atom is -0.493 e. The molecule has 0 spiro atoms. The Kier molecular flexibility index (Phi) is 6.99. The molecule has 3 aromatic rings. The van der Waals surface area contributed by atoms with Crippen LogP contribution in [0.1, 0.15) is 22.3 Å². The molecule has 4 rings (SSSR count). The quantitative estimate of drug-likeness (QED) is 0.392. The predicted molar refractivity (Wildman–Crippen MR) is 126 cm³/mol. The Bertz CT molecular complexity index is 1250. The summed E-state index contributed by atoms with van der Waals surface area (Å²) >= 11 is 1.41. The van der Waals surface area contributed by atoms with Crippen LogP contribution < -0.4 is 15.2 Å². The van der Waals surface area contributed by atoms with Crippen LogP contribution in [0.5, 0.6) is 11.5 Å². The van der Waals surface area contributed by atoms with E-state index in [2.05, 4.69) is 29.3 Å². The van der Waals surface area contributed by atoms with E-state index in [9.17, 15) is 10.5 Å². The van der Waals surface area contributed by atoms with Gasteiger partial charge < -0.3 is 19.9 Å². The molecule has 0 saturated heterocycles. The number of nitriles is 2. The number of anilines is 1. The van der Waals surface area contributed by atoms with Crippen molar-refractivity contribution in [3.05, 3.63) is 64.7 Å². The van der Waals surface area contributed by atoms with E-state index in [1.807, 2.05) is 18.2 Å². The average molecular weight is 459 g/mol. The van der Waals surface area contributed by atoms with Gasteiger partial charge in [-0.05, 0) is 34.9 Å². The summed E-state index contributed by atoms with van der Waals surface area (Å²) in [5, 5.41) is 20.2. The number of thioether (sulfide) groups is 1. The monoisotopic (exact) mass is 458 g/mol. The number of nitrogen functional groups attached to an aromatic ring is 1. The molecule has 0 fully saturated rings. The molecule has 7 nitrogen and oxygen atoms in total. The van der Waals surface area contributed by atoms with Gasteiger partial charge in [-0.15, -0.1) is 11.8 Å². The Morgan fingerprint density at radius 2 is 1.88 bits per heavy atom. The van der Waals surface area contributed by atoms with Crippen molar-refractivity contribution in [2.75, 3.05) is 32.7 Å². The molecule has 0 radical (unpaired) electrons. The summed E-state index contributed by atoms with van der Waals surface area (Å²) < 4.78 is 16.3. The fraction of sp³-hybridized carbons (Fsp3) is 0.240. The first-order valence-electron chi connectivity index (χ1n) is 10.4. The van der Waals surface area contributed by atoms with Crippen molar-refractivity contribution in [3.8, 4) is 34.8 Å². The highest BCUT2D eigenvalue weighted by molar-refractivity contribution is 7.98. The van der Waals surface area contributed by atoms with E-state index in [0.29, 0.717) is 53.0 Å². The summed E-state index contributed by atoms with van der Waals surface area (Å²) in [6, 6.07) is 17.7. The van der Waals surface area contributed by atoms with Crippen LogP contribution in [0, 0.1) is 22.7 Å². The van der Waals surface area contributed by atoms with Crippen LogP contribution in [-0.4, -0.2) is 31.9 Å². The molecule has 0 unspecified atom stereocenters. The fourth-order valence-corrected chi connectivity index (χ4v) is 4.54. The molecule has 0 aliphatic carbocycles. The van der Waals surface area contributed by atoms with Crippen molar-refractivity contribution in [2.45, 2.75) is 17.2 Å². The normalized spacial score (nSPS) is 11.8. The fourth-order valence-electron chi connectivity index (χ4n) is 3.60. The van der Waals surface area contributed by atoms with Crippen LogP contribution in [0.2, 0.25) is 0 Å². The van der Waals surface area contributed by atoms with Gasteiger partial charge in [0.25, 0.3) is 0 Å². The van der Waals surface area contributed by atoms with E-state index in [1.165, 1.54) is 17.3 Å². The number of benzene rings is 2. The zero-order chi connectivity index (χ0) is 23.2. The van der Waals surface area contributed by atoms with Crippen molar-refractivity contribution < 1.29 is 14.2 Å². The first-order valence-corrected chi connectivity index (χ1v) is 11.4. The number of hydrogen-bond donors (Lipinski definition) is 1. The second-order valence-corrected chi connectivity index (χ2v) is 8.31. The van der Waals surface area contributed by atoms with Gasteiger partial charge in [0.15, 0.2) is 0 Å². The minimum absolute atomic E-state index is 0.103. The maximum Gasteiger partial charge on any atom is 0.143 e. The van der Waals surface area contributed by atoms with Gasteiger partial charge in [-0.2, -0.15) is 10.5 Å². The highest BCUT2D eigenvalue weighted by atomic mass is 32.2.